The van der Waals surface area contributed by atoms with Crippen LogP contribution in [-0.2, 0) is 15.8 Å². The summed E-state index contributed by atoms with van der Waals surface area (Å²) in [5, 5.41) is 0. The molecule has 2 aliphatic heterocycles. The van der Waals surface area contributed by atoms with E-state index >= 15 is 0 Å². The van der Waals surface area contributed by atoms with Crippen LogP contribution >= 0.6 is 0 Å². The molecule has 2 saturated heterocycles. The molecule has 4 rings (SSSR count). The second-order valence-corrected chi connectivity index (χ2v) is 8.17. The summed E-state index contributed by atoms with van der Waals surface area (Å²) in [6.07, 6.45) is -3.52. The number of benzene rings is 2. The van der Waals surface area contributed by atoms with Gasteiger partial charge in [-0.3, -0.25) is 14.5 Å². The van der Waals surface area contributed by atoms with Crippen molar-refractivity contribution in [2.75, 3.05) is 42.6 Å². The maximum absolute atomic E-state index is 13.2. The molecule has 176 valence electrons. The summed E-state index contributed by atoms with van der Waals surface area (Å²) < 4.78 is 44.9. The standard InChI is InChI=1S/C24H26F3N3O3/c1-2-14-33-21-9-4-3-8-19(21)30-22(31)16-20(23(30)32)29-12-10-28(11-13-29)18-7-5-6-17(15-18)24(25,26)27/h3-9,15,20H,2,10-14,16H2,1H3. The lowest BCUT2D eigenvalue weighted by molar-refractivity contribution is -0.137. The molecule has 2 fully saturated rings. The van der Waals surface area contributed by atoms with Crippen LogP contribution in [0.25, 0.3) is 0 Å². The van der Waals surface area contributed by atoms with Crippen molar-refractivity contribution in [3.8, 4) is 5.75 Å². The molecule has 2 aromatic rings. The Bertz CT molecular complexity index is 1020. The first-order chi connectivity index (χ1) is 15.8. The van der Waals surface area contributed by atoms with Gasteiger partial charge in [0.1, 0.15) is 5.75 Å². The van der Waals surface area contributed by atoms with Crippen molar-refractivity contribution >= 4 is 23.2 Å². The summed E-state index contributed by atoms with van der Waals surface area (Å²) in [6, 6.07) is 11.7. The van der Waals surface area contributed by atoms with Crippen LogP contribution < -0.4 is 14.5 Å². The molecular weight excluding hydrogens is 435 g/mol. The van der Waals surface area contributed by atoms with Crippen LogP contribution in [-0.4, -0.2) is 55.5 Å². The highest BCUT2D eigenvalue weighted by molar-refractivity contribution is 6.23. The van der Waals surface area contributed by atoms with Crippen LogP contribution in [0.1, 0.15) is 25.3 Å². The third kappa shape index (κ3) is 4.83. The minimum Gasteiger partial charge on any atom is -0.491 e. The number of nitrogens with zero attached hydrogens (tertiary/aromatic N) is 3. The van der Waals surface area contributed by atoms with Gasteiger partial charge < -0.3 is 9.64 Å². The molecule has 0 spiro atoms. The SMILES string of the molecule is CCCOc1ccccc1N1C(=O)CC(N2CCN(c3cccc(C(F)(F)F)c3)CC2)C1=O. The van der Waals surface area contributed by atoms with Crippen molar-refractivity contribution in [1.82, 2.24) is 4.90 Å². The number of carbonyl (C=O) groups is 2. The number of ether oxygens (including phenoxy) is 1. The van der Waals surface area contributed by atoms with Gasteiger partial charge in [0.2, 0.25) is 5.91 Å². The first-order valence-electron chi connectivity index (χ1n) is 11.0. The predicted molar refractivity (Wildman–Crippen MR) is 118 cm³/mol. The van der Waals surface area contributed by atoms with Gasteiger partial charge in [-0.1, -0.05) is 25.1 Å². The van der Waals surface area contributed by atoms with Crippen molar-refractivity contribution in [1.29, 1.82) is 0 Å². The monoisotopic (exact) mass is 461 g/mol. The minimum absolute atomic E-state index is 0.0739. The molecule has 0 radical (unpaired) electrons. The van der Waals surface area contributed by atoms with Crippen molar-refractivity contribution in [3.05, 3.63) is 54.1 Å². The Balaban J connectivity index is 1.44. The smallest absolute Gasteiger partial charge is 0.416 e. The lowest BCUT2D eigenvalue weighted by atomic mass is 10.1. The Labute approximate surface area is 190 Å². The van der Waals surface area contributed by atoms with Gasteiger partial charge >= 0.3 is 6.18 Å². The molecule has 0 aromatic heterocycles. The fourth-order valence-electron chi connectivity index (χ4n) is 4.30. The highest BCUT2D eigenvalue weighted by atomic mass is 19.4. The Morgan fingerprint density at radius 1 is 1.00 bits per heavy atom. The summed E-state index contributed by atoms with van der Waals surface area (Å²) in [6.45, 7) is 4.34. The molecule has 0 bridgehead atoms. The number of hydrogen-bond donors (Lipinski definition) is 0. The number of carbonyl (C=O) groups excluding carboxylic acids is 2. The van der Waals surface area contributed by atoms with E-state index < -0.39 is 17.8 Å². The maximum Gasteiger partial charge on any atom is 0.416 e. The first kappa shape index (κ1) is 23.1. The van der Waals surface area contributed by atoms with Gasteiger partial charge in [0.25, 0.3) is 5.91 Å². The molecule has 2 heterocycles. The van der Waals surface area contributed by atoms with Crippen LogP contribution in [0.3, 0.4) is 0 Å². The molecule has 0 aliphatic carbocycles. The molecule has 9 heteroatoms. The van der Waals surface area contributed by atoms with Crippen LogP contribution in [0.4, 0.5) is 24.5 Å². The van der Waals surface area contributed by atoms with E-state index in [1.807, 2.05) is 16.7 Å². The molecule has 1 unspecified atom stereocenters. The molecule has 2 amide bonds. The Kier molecular flexibility index (Phi) is 6.60. The Hall–Kier alpha value is -3.07. The van der Waals surface area contributed by atoms with Gasteiger partial charge in [-0.2, -0.15) is 13.2 Å². The van der Waals surface area contributed by atoms with Gasteiger partial charge in [-0.05, 0) is 36.8 Å². The van der Waals surface area contributed by atoms with Crippen molar-refractivity contribution in [3.63, 3.8) is 0 Å². The summed E-state index contributed by atoms with van der Waals surface area (Å²) >= 11 is 0. The number of halogens is 3. The minimum atomic E-state index is -4.39. The van der Waals surface area contributed by atoms with E-state index in [0.29, 0.717) is 49.9 Å². The Morgan fingerprint density at radius 3 is 2.42 bits per heavy atom. The number of rotatable bonds is 6. The van der Waals surface area contributed by atoms with E-state index in [-0.39, 0.29) is 18.2 Å². The van der Waals surface area contributed by atoms with Gasteiger partial charge in [-0.25, -0.2) is 4.90 Å². The number of imide groups is 1. The third-order valence-corrected chi connectivity index (χ3v) is 5.98. The van der Waals surface area contributed by atoms with Crippen molar-refractivity contribution in [2.45, 2.75) is 32.0 Å². The molecule has 6 nitrogen and oxygen atoms in total. The van der Waals surface area contributed by atoms with Gasteiger partial charge in [-0.15, -0.1) is 0 Å². The number of anilines is 2. The summed E-state index contributed by atoms with van der Waals surface area (Å²) in [4.78, 5) is 31.0. The van der Waals surface area contributed by atoms with Crippen LogP contribution in [0.5, 0.6) is 5.75 Å². The van der Waals surface area contributed by atoms with E-state index in [0.717, 1.165) is 18.6 Å². The third-order valence-electron chi connectivity index (χ3n) is 5.98. The van der Waals surface area contributed by atoms with Gasteiger partial charge in [0, 0.05) is 31.9 Å². The topological polar surface area (TPSA) is 53.1 Å². The highest BCUT2D eigenvalue weighted by Gasteiger charge is 2.44. The van der Waals surface area contributed by atoms with Gasteiger partial charge in [0.15, 0.2) is 0 Å². The zero-order valence-electron chi connectivity index (χ0n) is 18.3. The molecule has 0 saturated carbocycles. The highest BCUT2D eigenvalue weighted by Crippen LogP contribution is 2.35. The number of alkyl halides is 3. The molecule has 2 aliphatic rings. The largest absolute Gasteiger partial charge is 0.491 e. The Morgan fingerprint density at radius 2 is 1.73 bits per heavy atom. The average Bonchev–Trinajstić information content (AvgIpc) is 3.11. The normalized spacial score (nSPS) is 19.9. The van der Waals surface area contributed by atoms with Crippen LogP contribution in [0, 0.1) is 0 Å². The van der Waals surface area contributed by atoms with E-state index in [4.69, 9.17) is 4.74 Å². The van der Waals surface area contributed by atoms with Crippen molar-refractivity contribution in [2.24, 2.45) is 0 Å². The van der Waals surface area contributed by atoms with E-state index in [1.165, 1.54) is 11.0 Å². The quantitative estimate of drug-likeness (QED) is 0.610. The number of hydrogen-bond acceptors (Lipinski definition) is 5. The molecule has 0 N–H and O–H groups in total. The molecule has 2 aromatic carbocycles. The zero-order chi connectivity index (χ0) is 23.6. The van der Waals surface area contributed by atoms with Crippen molar-refractivity contribution < 1.29 is 27.5 Å². The summed E-state index contributed by atoms with van der Waals surface area (Å²) in [5.74, 6) is -0.0750. The first-order valence-corrected chi connectivity index (χ1v) is 11.0. The van der Waals surface area contributed by atoms with E-state index in [2.05, 4.69) is 0 Å². The van der Waals surface area contributed by atoms with Crippen LogP contribution in [0.15, 0.2) is 48.5 Å². The lowest BCUT2D eigenvalue weighted by Gasteiger charge is -2.38. The molecular formula is C24H26F3N3O3. The fraction of sp³-hybridized carbons (Fsp3) is 0.417. The van der Waals surface area contributed by atoms with E-state index in [9.17, 15) is 22.8 Å². The lowest BCUT2D eigenvalue weighted by Crippen LogP contribution is -2.52. The van der Waals surface area contributed by atoms with E-state index in [1.54, 1.807) is 30.3 Å². The predicted octanol–water partition coefficient (Wildman–Crippen LogP) is 3.95. The van der Waals surface area contributed by atoms with Gasteiger partial charge in [0.05, 0.1) is 30.3 Å². The fourth-order valence-corrected chi connectivity index (χ4v) is 4.30. The second kappa shape index (κ2) is 9.43. The summed E-state index contributed by atoms with van der Waals surface area (Å²) in [7, 11) is 0. The number of para-hydroxylation sites is 2. The summed E-state index contributed by atoms with van der Waals surface area (Å²) in [5.41, 5.74) is 0.270. The second-order valence-electron chi connectivity index (χ2n) is 8.17. The molecule has 1 atom stereocenters. The number of amides is 2. The average molecular weight is 461 g/mol. The number of piperazine rings is 1. The maximum atomic E-state index is 13.2. The van der Waals surface area contributed by atoms with Crippen LogP contribution in [0.2, 0.25) is 0 Å². The zero-order valence-corrected chi connectivity index (χ0v) is 18.3. The molecule has 33 heavy (non-hydrogen) atoms.